The Bertz CT molecular complexity index is 336. The van der Waals surface area contributed by atoms with Gasteiger partial charge in [0.15, 0.2) is 0 Å². The van der Waals surface area contributed by atoms with Crippen molar-refractivity contribution < 1.29 is 15.0 Å². The van der Waals surface area contributed by atoms with Crippen molar-refractivity contribution in [1.29, 1.82) is 0 Å². The summed E-state index contributed by atoms with van der Waals surface area (Å²) in [6, 6.07) is 4.56. The highest BCUT2D eigenvalue weighted by atomic mass is 16.4. The molecule has 14 heavy (non-hydrogen) atoms. The molecule has 0 unspecified atom stereocenters. The molecule has 0 aromatic heterocycles. The Kier molecular flexibility index (Phi) is 3.48. The van der Waals surface area contributed by atoms with E-state index in [0.29, 0.717) is 6.54 Å². The summed E-state index contributed by atoms with van der Waals surface area (Å²) < 4.78 is 0. The minimum atomic E-state index is -1.11. The molecule has 0 aliphatic heterocycles. The van der Waals surface area contributed by atoms with Crippen molar-refractivity contribution in [2.24, 2.45) is 0 Å². The molecule has 4 heteroatoms. The van der Waals surface area contributed by atoms with E-state index in [1.54, 1.807) is 6.07 Å². The number of hydrogen-bond acceptors (Lipinski definition) is 3. The molecule has 0 saturated carbocycles. The average molecular weight is 195 g/mol. The molecule has 0 saturated heterocycles. The highest BCUT2D eigenvalue weighted by molar-refractivity contribution is 5.90. The zero-order valence-corrected chi connectivity index (χ0v) is 7.95. The predicted octanol–water partition coefficient (Wildman–Crippen LogP) is 1.20. The third-order valence-electron chi connectivity index (χ3n) is 1.87. The number of benzene rings is 1. The lowest BCUT2D eigenvalue weighted by molar-refractivity contribution is 0.0693. The summed E-state index contributed by atoms with van der Waals surface area (Å²) >= 11 is 0. The van der Waals surface area contributed by atoms with Gasteiger partial charge in [0.25, 0.3) is 0 Å². The van der Waals surface area contributed by atoms with E-state index < -0.39 is 5.97 Å². The molecule has 0 fully saturated rings. The van der Waals surface area contributed by atoms with Crippen molar-refractivity contribution in [3.63, 3.8) is 0 Å². The summed E-state index contributed by atoms with van der Waals surface area (Å²) in [5.74, 6) is -1.30. The molecule has 0 amide bonds. The summed E-state index contributed by atoms with van der Waals surface area (Å²) in [4.78, 5) is 10.6. The number of aromatic hydroxyl groups is 1. The van der Waals surface area contributed by atoms with Gasteiger partial charge in [0, 0.05) is 6.54 Å². The van der Waals surface area contributed by atoms with E-state index in [0.717, 1.165) is 12.1 Å². The van der Waals surface area contributed by atoms with E-state index in [1.807, 2.05) is 6.92 Å². The molecule has 76 valence electrons. The normalized spacial score (nSPS) is 10.1. The fraction of sp³-hybridized carbons (Fsp3) is 0.300. The highest BCUT2D eigenvalue weighted by Gasteiger charge is 2.08. The van der Waals surface area contributed by atoms with Gasteiger partial charge in [-0.25, -0.2) is 4.79 Å². The first-order valence-corrected chi connectivity index (χ1v) is 4.41. The molecule has 0 atom stereocenters. The van der Waals surface area contributed by atoms with Gasteiger partial charge in [-0.2, -0.15) is 0 Å². The Morgan fingerprint density at radius 2 is 2.21 bits per heavy atom. The van der Waals surface area contributed by atoms with Crippen LogP contribution >= 0.6 is 0 Å². The van der Waals surface area contributed by atoms with Gasteiger partial charge in [0.05, 0.1) is 0 Å². The van der Waals surface area contributed by atoms with Crippen LogP contribution in [0, 0.1) is 0 Å². The second-order valence-corrected chi connectivity index (χ2v) is 2.94. The smallest absolute Gasteiger partial charge is 0.339 e. The lowest BCUT2D eigenvalue weighted by atomic mass is 10.1. The van der Waals surface area contributed by atoms with E-state index >= 15 is 0 Å². The molecule has 0 heterocycles. The van der Waals surface area contributed by atoms with Gasteiger partial charge in [-0.15, -0.1) is 0 Å². The topological polar surface area (TPSA) is 69.6 Å². The van der Waals surface area contributed by atoms with Crippen molar-refractivity contribution in [1.82, 2.24) is 5.32 Å². The maximum Gasteiger partial charge on any atom is 0.339 e. The molecule has 0 radical (unpaired) electrons. The molecule has 4 nitrogen and oxygen atoms in total. The van der Waals surface area contributed by atoms with Crippen LogP contribution in [0.1, 0.15) is 22.8 Å². The van der Waals surface area contributed by atoms with Gasteiger partial charge in [-0.1, -0.05) is 13.0 Å². The summed E-state index contributed by atoms with van der Waals surface area (Å²) in [5, 5.41) is 21.1. The first-order chi connectivity index (χ1) is 6.65. The van der Waals surface area contributed by atoms with Crippen LogP contribution in [0.15, 0.2) is 18.2 Å². The molecule has 0 bridgehead atoms. The molecule has 3 N–H and O–H groups in total. The van der Waals surface area contributed by atoms with Gasteiger partial charge in [-0.05, 0) is 24.2 Å². The molecule has 1 aromatic carbocycles. The minimum Gasteiger partial charge on any atom is -0.507 e. The van der Waals surface area contributed by atoms with E-state index in [9.17, 15) is 9.90 Å². The Labute approximate surface area is 82.2 Å². The van der Waals surface area contributed by atoms with Gasteiger partial charge in [0.2, 0.25) is 0 Å². The molecule has 0 aliphatic carbocycles. The molecular formula is C10H13NO3. The molecule has 0 spiro atoms. The zero-order valence-electron chi connectivity index (χ0n) is 7.95. The molecular weight excluding hydrogens is 182 g/mol. The molecule has 1 aromatic rings. The fourth-order valence-electron chi connectivity index (χ4n) is 1.14. The van der Waals surface area contributed by atoms with Crippen LogP contribution in [0.4, 0.5) is 0 Å². The van der Waals surface area contributed by atoms with E-state index in [-0.39, 0.29) is 11.3 Å². The second-order valence-electron chi connectivity index (χ2n) is 2.94. The summed E-state index contributed by atoms with van der Waals surface area (Å²) in [6.45, 7) is 3.44. The lowest BCUT2D eigenvalue weighted by Crippen LogP contribution is -2.11. The monoisotopic (exact) mass is 195 g/mol. The van der Waals surface area contributed by atoms with Crippen LogP contribution in [-0.2, 0) is 6.54 Å². The number of hydrogen-bond donors (Lipinski definition) is 3. The first kappa shape index (κ1) is 10.5. The standard InChI is InChI=1S/C10H13NO3/c1-2-11-6-7-3-4-8(10(13)14)9(12)5-7/h3-5,11-12H,2,6H2,1H3,(H,13,14). The maximum atomic E-state index is 10.6. The van der Waals surface area contributed by atoms with Crippen molar-refractivity contribution in [2.45, 2.75) is 13.5 Å². The van der Waals surface area contributed by atoms with Crippen molar-refractivity contribution >= 4 is 5.97 Å². The Hall–Kier alpha value is -1.55. The number of carboxylic acids is 1. The van der Waals surface area contributed by atoms with E-state index in [2.05, 4.69) is 5.32 Å². The Morgan fingerprint density at radius 1 is 1.50 bits per heavy atom. The Balaban J connectivity index is 2.83. The van der Waals surface area contributed by atoms with Crippen LogP contribution in [-0.4, -0.2) is 22.7 Å². The quantitative estimate of drug-likeness (QED) is 0.675. The third-order valence-corrected chi connectivity index (χ3v) is 1.87. The maximum absolute atomic E-state index is 10.6. The van der Waals surface area contributed by atoms with Crippen LogP contribution in [0.3, 0.4) is 0 Å². The molecule has 0 aliphatic rings. The number of carboxylic acid groups (broad SMARTS) is 1. The number of phenols is 1. The van der Waals surface area contributed by atoms with Crippen molar-refractivity contribution in [3.05, 3.63) is 29.3 Å². The lowest BCUT2D eigenvalue weighted by Gasteiger charge is -2.04. The first-order valence-electron chi connectivity index (χ1n) is 4.41. The SMILES string of the molecule is CCNCc1ccc(C(=O)O)c(O)c1. The van der Waals surface area contributed by atoms with Gasteiger partial charge in [-0.3, -0.25) is 0 Å². The van der Waals surface area contributed by atoms with E-state index in [1.165, 1.54) is 12.1 Å². The summed E-state index contributed by atoms with van der Waals surface area (Å²) in [5.41, 5.74) is 0.805. The number of aromatic carboxylic acids is 1. The van der Waals surface area contributed by atoms with Crippen LogP contribution in [0.5, 0.6) is 5.75 Å². The zero-order chi connectivity index (χ0) is 10.6. The number of carbonyl (C=O) groups is 1. The second kappa shape index (κ2) is 4.62. The van der Waals surface area contributed by atoms with Gasteiger partial charge in [0.1, 0.15) is 11.3 Å². The average Bonchev–Trinajstić information content (AvgIpc) is 2.14. The Morgan fingerprint density at radius 3 is 2.71 bits per heavy atom. The summed E-state index contributed by atoms with van der Waals surface area (Å²) in [6.07, 6.45) is 0. The van der Waals surface area contributed by atoms with Crippen LogP contribution in [0.25, 0.3) is 0 Å². The highest BCUT2D eigenvalue weighted by Crippen LogP contribution is 2.18. The fourth-order valence-corrected chi connectivity index (χ4v) is 1.14. The van der Waals surface area contributed by atoms with Crippen molar-refractivity contribution in [3.8, 4) is 5.75 Å². The third kappa shape index (κ3) is 2.47. The largest absolute Gasteiger partial charge is 0.507 e. The summed E-state index contributed by atoms with van der Waals surface area (Å²) in [7, 11) is 0. The molecule has 1 rings (SSSR count). The van der Waals surface area contributed by atoms with Gasteiger partial charge >= 0.3 is 5.97 Å². The van der Waals surface area contributed by atoms with Gasteiger partial charge < -0.3 is 15.5 Å². The minimum absolute atomic E-state index is 0.0646. The number of nitrogens with one attached hydrogen (secondary N) is 1. The van der Waals surface area contributed by atoms with Crippen molar-refractivity contribution in [2.75, 3.05) is 6.54 Å². The van der Waals surface area contributed by atoms with Crippen LogP contribution < -0.4 is 5.32 Å². The number of rotatable bonds is 4. The predicted molar refractivity (Wildman–Crippen MR) is 52.4 cm³/mol. The van der Waals surface area contributed by atoms with E-state index in [4.69, 9.17) is 5.11 Å². The van der Waals surface area contributed by atoms with Crippen LogP contribution in [0.2, 0.25) is 0 Å².